The van der Waals surface area contributed by atoms with E-state index in [4.69, 9.17) is 4.74 Å². The fourth-order valence-corrected chi connectivity index (χ4v) is 2.09. The van der Waals surface area contributed by atoms with Crippen LogP contribution in [0.15, 0.2) is 35.7 Å². The molecule has 15 heavy (non-hydrogen) atoms. The lowest BCUT2D eigenvalue weighted by atomic mass is 10.1. The molecule has 3 heteroatoms. The molecule has 2 rings (SSSR count). The number of hydrogen-bond acceptors (Lipinski definition) is 3. The molecule has 0 unspecified atom stereocenters. The van der Waals surface area contributed by atoms with Crippen LogP contribution in [0.5, 0.6) is 5.75 Å². The van der Waals surface area contributed by atoms with Gasteiger partial charge in [-0.05, 0) is 34.7 Å². The molecule has 76 valence electrons. The molecule has 0 aliphatic heterocycles. The lowest BCUT2D eigenvalue weighted by Gasteiger charge is -2.01. The van der Waals surface area contributed by atoms with Crippen molar-refractivity contribution in [1.29, 1.82) is 0 Å². The molecule has 2 nitrogen and oxygen atoms in total. The van der Waals surface area contributed by atoms with Gasteiger partial charge in [-0.15, -0.1) is 11.3 Å². The van der Waals surface area contributed by atoms with Crippen LogP contribution in [-0.2, 0) is 0 Å². The van der Waals surface area contributed by atoms with Crippen LogP contribution in [0.2, 0.25) is 0 Å². The molecule has 0 saturated carbocycles. The van der Waals surface area contributed by atoms with E-state index in [0.29, 0.717) is 0 Å². The Morgan fingerprint density at radius 2 is 2.13 bits per heavy atom. The maximum Gasteiger partial charge on any atom is 0.160 e. The molecule has 0 atom stereocenters. The number of rotatable bonds is 3. The van der Waals surface area contributed by atoms with Gasteiger partial charge in [0.15, 0.2) is 6.29 Å². The summed E-state index contributed by atoms with van der Waals surface area (Å²) >= 11 is 1.45. The zero-order chi connectivity index (χ0) is 10.7. The Bertz CT molecular complexity index is 474. The van der Waals surface area contributed by atoms with Gasteiger partial charge in [-0.3, -0.25) is 4.79 Å². The highest BCUT2D eigenvalue weighted by Gasteiger charge is 2.02. The number of carbonyl (C=O) groups is 1. The number of methoxy groups -OCH3 is 1. The maximum absolute atomic E-state index is 10.6. The molecule has 0 saturated heterocycles. The Kier molecular flexibility index (Phi) is 2.83. The van der Waals surface area contributed by atoms with Crippen LogP contribution in [0.25, 0.3) is 11.1 Å². The van der Waals surface area contributed by atoms with Crippen LogP contribution < -0.4 is 4.74 Å². The molecule has 0 radical (unpaired) electrons. The topological polar surface area (TPSA) is 26.3 Å². The number of ether oxygens (including phenoxy) is 1. The Labute approximate surface area is 92.1 Å². The SMILES string of the molecule is COc1cccc(-c2csc(C=O)c2)c1. The first-order chi connectivity index (χ1) is 7.33. The Balaban J connectivity index is 2.39. The summed E-state index contributed by atoms with van der Waals surface area (Å²) in [5, 5.41) is 1.97. The second-order valence-corrected chi connectivity index (χ2v) is 4.03. The lowest BCUT2D eigenvalue weighted by molar-refractivity contribution is 0.112. The van der Waals surface area contributed by atoms with Gasteiger partial charge in [0.2, 0.25) is 0 Å². The Hall–Kier alpha value is -1.61. The van der Waals surface area contributed by atoms with Crippen molar-refractivity contribution in [2.45, 2.75) is 0 Å². The minimum absolute atomic E-state index is 0.743. The van der Waals surface area contributed by atoms with Crippen molar-refractivity contribution < 1.29 is 9.53 Å². The van der Waals surface area contributed by atoms with E-state index in [2.05, 4.69) is 0 Å². The van der Waals surface area contributed by atoms with Crippen molar-refractivity contribution >= 4 is 17.6 Å². The average molecular weight is 218 g/mol. The van der Waals surface area contributed by atoms with Crippen molar-refractivity contribution in [3.8, 4) is 16.9 Å². The zero-order valence-corrected chi connectivity index (χ0v) is 9.08. The summed E-state index contributed by atoms with van der Waals surface area (Å²) in [6, 6.07) is 9.67. The van der Waals surface area contributed by atoms with Crippen molar-refractivity contribution in [2.24, 2.45) is 0 Å². The second kappa shape index (κ2) is 4.28. The van der Waals surface area contributed by atoms with E-state index in [1.54, 1.807) is 7.11 Å². The Morgan fingerprint density at radius 1 is 1.27 bits per heavy atom. The number of benzene rings is 1. The largest absolute Gasteiger partial charge is 0.497 e. The molecule has 1 aromatic carbocycles. The van der Waals surface area contributed by atoms with Crippen LogP contribution in [0.1, 0.15) is 9.67 Å². The van der Waals surface area contributed by atoms with Gasteiger partial charge in [0.1, 0.15) is 5.75 Å². The third-order valence-corrected chi connectivity index (χ3v) is 3.00. The number of thiophene rings is 1. The highest BCUT2D eigenvalue weighted by Crippen LogP contribution is 2.27. The molecule has 0 spiro atoms. The van der Waals surface area contributed by atoms with Crippen LogP contribution in [0.4, 0.5) is 0 Å². The van der Waals surface area contributed by atoms with Gasteiger partial charge in [0.25, 0.3) is 0 Å². The van der Waals surface area contributed by atoms with Gasteiger partial charge in [-0.2, -0.15) is 0 Å². The molecule has 0 amide bonds. The van der Waals surface area contributed by atoms with E-state index < -0.39 is 0 Å². The van der Waals surface area contributed by atoms with Crippen molar-refractivity contribution in [3.05, 3.63) is 40.6 Å². The minimum atomic E-state index is 0.743. The molecule has 0 aliphatic rings. The fourth-order valence-electron chi connectivity index (χ4n) is 1.37. The monoisotopic (exact) mass is 218 g/mol. The summed E-state index contributed by atoms with van der Waals surface area (Å²) < 4.78 is 5.14. The summed E-state index contributed by atoms with van der Waals surface area (Å²) in [4.78, 5) is 11.3. The number of aldehydes is 1. The van der Waals surface area contributed by atoms with Gasteiger partial charge in [0.05, 0.1) is 12.0 Å². The fraction of sp³-hybridized carbons (Fsp3) is 0.0833. The van der Waals surface area contributed by atoms with Crippen molar-refractivity contribution in [1.82, 2.24) is 0 Å². The summed E-state index contributed by atoms with van der Waals surface area (Å²) in [7, 11) is 1.64. The van der Waals surface area contributed by atoms with Gasteiger partial charge in [-0.1, -0.05) is 12.1 Å². The first kappa shape index (κ1) is 9.93. The first-order valence-electron chi connectivity index (χ1n) is 4.51. The highest BCUT2D eigenvalue weighted by molar-refractivity contribution is 7.12. The predicted molar refractivity (Wildman–Crippen MR) is 61.7 cm³/mol. The van der Waals surface area contributed by atoms with Crippen LogP contribution in [0.3, 0.4) is 0 Å². The summed E-state index contributed by atoms with van der Waals surface area (Å²) in [5.41, 5.74) is 2.12. The van der Waals surface area contributed by atoms with Crippen molar-refractivity contribution in [2.75, 3.05) is 7.11 Å². The van der Waals surface area contributed by atoms with Gasteiger partial charge >= 0.3 is 0 Å². The number of hydrogen-bond donors (Lipinski definition) is 0. The third kappa shape index (κ3) is 2.07. The van der Waals surface area contributed by atoms with Gasteiger partial charge in [-0.25, -0.2) is 0 Å². The van der Waals surface area contributed by atoms with Gasteiger partial charge in [0, 0.05) is 0 Å². The smallest absolute Gasteiger partial charge is 0.160 e. The molecule has 0 fully saturated rings. The molecule has 1 aromatic heterocycles. The van der Waals surface area contributed by atoms with E-state index in [1.807, 2.05) is 35.7 Å². The maximum atomic E-state index is 10.6. The molecular formula is C12H10O2S. The normalized spacial score (nSPS) is 9.93. The lowest BCUT2D eigenvalue weighted by Crippen LogP contribution is -1.82. The zero-order valence-electron chi connectivity index (χ0n) is 8.27. The van der Waals surface area contributed by atoms with Crippen LogP contribution in [0, 0.1) is 0 Å². The molecular weight excluding hydrogens is 208 g/mol. The van der Waals surface area contributed by atoms with Gasteiger partial charge < -0.3 is 4.74 Å². The quantitative estimate of drug-likeness (QED) is 0.739. The molecule has 1 heterocycles. The van der Waals surface area contributed by atoms with Crippen molar-refractivity contribution in [3.63, 3.8) is 0 Å². The molecule has 2 aromatic rings. The molecule has 0 bridgehead atoms. The van der Waals surface area contributed by atoms with Crippen LogP contribution in [-0.4, -0.2) is 13.4 Å². The average Bonchev–Trinajstić information content (AvgIpc) is 2.78. The second-order valence-electron chi connectivity index (χ2n) is 3.09. The summed E-state index contributed by atoms with van der Waals surface area (Å²) in [5.74, 6) is 0.825. The van der Waals surface area contributed by atoms with E-state index in [1.165, 1.54) is 11.3 Å². The first-order valence-corrected chi connectivity index (χ1v) is 5.39. The molecule has 0 aliphatic carbocycles. The van der Waals surface area contributed by atoms with E-state index in [9.17, 15) is 4.79 Å². The summed E-state index contributed by atoms with van der Waals surface area (Å²) in [6.45, 7) is 0. The number of carbonyl (C=O) groups excluding carboxylic acids is 1. The minimum Gasteiger partial charge on any atom is -0.497 e. The van der Waals surface area contributed by atoms with Crippen LogP contribution >= 0.6 is 11.3 Å². The van der Waals surface area contributed by atoms with E-state index >= 15 is 0 Å². The third-order valence-electron chi connectivity index (χ3n) is 2.14. The summed E-state index contributed by atoms with van der Waals surface area (Å²) in [6.07, 6.45) is 0.869. The standard InChI is InChI=1S/C12H10O2S/c1-14-11-4-2-3-9(5-11)10-6-12(7-13)15-8-10/h2-8H,1H3. The predicted octanol–water partition coefficient (Wildman–Crippen LogP) is 3.24. The van der Waals surface area contributed by atoms with E-state index in [-0.39, 0.29) is 0 Å². The molecule has 0 N–H and O–H groups in total. The van der Waals surface area contributed by atoms with E-state index in [0.717, 1.165) is 28.0 Å². The Morgan fingerprint density at radius 3 is 2.80 bits per heavy atom. The highest BCUT2D eigenvalue weighted by atomic mass is 32.1.